The van der Waals surface area contributed by atoms with Gasteiger partial charge in [-0.05, 0) is 36.6 Å². The van der Waals surface area contributed by atoms with Crippen LogP contribution in [0.3, 0.4) is 0 Å². The first-order valence-electron chi connectivity index (χ1n) is 10.0. The number of likely N-dealkylation sites (tertiary alicyclic amines) is 1. The highest BCUT2D eigenvalue weighted by Gasteiger charge is 2.30. The molecule has 2 saturated heterocycles. The number of ether oxygens (including phenoxy) is 1. The molecular weight excluding hydrogens is 487 g/mol. The van der Waals surface area contributed by atoms with E-state index in [0.29, 0.717) is 25.0 Å². The van der Waals surface area contributed by atoms with E-state index >= 15 is 0 Å². The summed E-state index contributed by atoms with van der Waals surface area (Å²) in [7, 11) is 1.84. The van der Waals surface area contributed by atoms with Gasteiger partial charge in [-0.1, -0.05) is 13.0 Å². The highest BCUT2D eigenvalue weighted by Crippen LogP contribution is 2.20. The molecule has 6 nitrogen and oxygen atoms in total. The van der Waals surface area contributed by atoms with Crippen LogP contribution in [0.5, 0.6) is 0 Å². The smallest absolute Gasteiger partial charge is 0.225 e. The molecular formula is C20H33IN4O2S. The Kier molecular flexibility index (Phi) is 10.0. The van der Waals surface area contributed by atoms with Crippen LogP contribution in [-0.2, 0) is 16.0 Å². The van der Waals surface area contributed by atoms with E-state index in [1.807, 2.05) is 23.3 Å². The van der Waals surface area contributed by atoms with Crippen molar-refractivity contribution in [2.75, 3.05) is 53.0 Å². The summed E-state index contributed by atoms with van der Waals surface area (Å²) in [6, 6.07) is 4.31. The van der Waals surface area contributed by atoms with Crippen LogP contribution >= 0.6 is 35.3 Å². The largest absolute Gasteiger partial charge is 0.378 e. The number of nitrogens with zero attached hydrogens (tertiary/aromatic N) is 3. The van der Waals surface area contributed by atoms with E-state index in [1.54, 1.807) is 0 Å². The number of carbonyl (C=O) groups excluding carboxylic acids is 1. The van der Waals surface area contributed by atoms with Gasteiger partial charge < -0.3 is 19.9 Å². The van der Waals surface area contributed by atoms with Gasteiger partial charge in [-0.2, -0.15) is 0 Å². The molecule has 158 valence electrons. The Morgan fingerprint density at radius 3 is 2.61 bits per heavy atom. The highest BCUT2D eigenvalue weighted by molar-refractivity contribution is 14.0. The number of aliphatic imine (C=N–C) groups is 1. The second-order valence-corrected chi connectivity index (χ2v) is 8.55. The van der Waals surface area contributed by atoms with Gasteiger partial charge in [0.15, 0.2) is 5.96 Å². The predicted octanol–water partition coefficient (Wildman–Crippen LogP) is 2.69. The zero-order valence-corrected chi connectivity index (χ0v) is 20.1. The van der Waals surface area contributed by atoms with Crippen molar-refractivity contribution in [2.45, 2.75) is 26.2 Å². The Morgan fingerprint density at radius 1 is 1.29 bits per heavy atom. The van der Waals surface area contributed by atoms with Crippen LogP contribution < -0.4 is 5.32 Å². The zero-order chi connectivity index (χ0) is 19.1. The minimum atomic E-state index is 0. The summed E-state index contributed by atoms with van der Waals surface area (Å²) in [4.78, 5) is 22.8. The standard InChI is InChI=1S/C20H32N4O2S.HI/c1-16(14-18-4-3-13-27-18)15-22-20(21-2)24-7-5-17(6-8-24)19(25)23-9-11-26-12-10-23;/h3-4,13,16-17H,5-12,14-15H2,1-2H3,(H,21,22);1H. The summed E-state index contributed by atoms with van der Waals surface area (Å²) in [6.07, 6.45) is 2.90. The van der Waals surface area contributed by atoms with Crippen LogP contribution in [0.2, 0.25) is 0 Å². The summed E-state index contributed by atoms with van der Waals surface area (Å²) >= 11 is 1.82. The first kappa shape index (κ1) is 23.4. The summed E-state index contributed by atoms with van der Waals surface area (Å²) in [6.45, 7) is 7.79. The van der Waals surface area contributed by atoms with Gasteiger partial charge in [0, 0.05) is 50.6 Å². The van der Waals surface area contributed by atoms with E-state index in [-0.39, 0.29) is 29.9 Å². The molecule has 3 rings (SSSR count). The van der Waals surface area contributed by atoms with Crippen molar-refractivity contribution in [3.05, 3.63) is 22.4 Å². The number of halogens is 1. The topological polar surface area (TPSA) is 57.2 Å². The van der Waals surface area contributed by atoms with E-state index in [0.717, 1.165) is 57.9 Å². The molecule has 1 N–H and O–H groups in total. The number of nitrogens with one attached hydrogen (secondary N) is 1. The Hall–Kier alpha value is -0.870. The predicted molar refractivity (Wildman–Crippen MR) is 126 cm³/mol. The molecule has 0 spiro atoms. The third-order valence-corrected chi connectivity index (χ3v) is 6.32. The van der Waals surface area contributed by atoms with E-state index < -0.39 is 0 Å². The van der Waals surface area contributed by atoms with Crippen LogP contribution in [0.1, 0.15) is 24.6 Å². The average molecular weight is 520 g/mol. The summed E-state index contributed by atoms with van der Waals surface area (Å²) in [5.41, 5.74) is 0. The van der Waals surface area contributed by atoms with Gasteiger partial charge >= 0.3 is 0 Å². The lowest BCUT2D eigenvalue weighted by atomic mass is 9.95. The second kappa shape index (κ2) is 12.0. The molecule has 0 bridgehead atoms. The molecule has 2 aliphatic heterocycles. The summed E-state index contributed by atoms with van der Waals surface area (Å²) in [5.74, 6) is 1.98. The molecule has 0 radical (unpaired) electrons. The van der Waals surface area contributed by atoms with E-state index in [9.17, 15) is 4.79 Å². The molecule has 3 heterocycles. The Morgan fingerprint density at radius 2 is 2.00 bits per heavy atom. The number of thiophene rings is 1. The van der Waals surface area contributed by atoms with Crippen molar-refractivity contribution in [2.24, 2.45) is 16.8 Å². The number of piperidine rings is 1. The third-order valence-electron chi connectivity index (χ3n) is 5.42. The van der Waals surface area contributed by atoms with Gasteiger partial charge in [0.2, 0.25) is 5.91 Å². The Balaban J connectivity index is 0.00000280. The maximum absolute atomic E-state index is 12.7. The van der Waals surface area contributed by atoms with E-state index in [1.165, 1.54) is 4.88 Å². The summed E-state index contributed by atoms with van der Waals surface area (Å²) in [5, 5.41) is 5.66. The number of amides is 1. The molecule has 28 heavy (non-hydrogen) atoms. The van der Waals surface area contributed by atoms with Crippen LogP contribution in [0, 0.1) is 11.8 Å². The molecule has 1 atom stereocenters. The lowest BCUT2D eigenvalue weighted by Gasteiger charge is -2.37. The monoisotopic (exact) mass is 520 g/mol. The fourth-order valence-corrected chi connectivity index (χ4v) is 4.69. The van der Waals surface area contributed by atoms with Crippen molar-refractivity contribution in [1.29, 1.82) is 0 Å². The third kappa shape index (κ3) is 6.59. The van der Waals surface area contributed by atoms with Gasteiger partial charge in [-0.15, -0.1) is 35.3 Å². The van der Waals surface area contributed by atoms with Gasteiger partial charge in [0.25, 0.3) is 0 Å². The molecule has 2 aliphatic rings. The van der Waals surface area contributed by atoms with Crippen molar-refractivity contribution >= 4 is 47.2 Å². The second-order valence-electron chi connectivity index (χ2n) is 7.52. The van der Waals surface area contributed by atoms with Crippen molar-refractivity contribution in [3.8, 4) is 0 Å². The first-order valence-corrected chi connectivity index (χ1v) is 10.9. The SMILES string of the molecule is CN=C(NCC(C)Cc1cccs1)N1CCC(C(=O)N2CCOCC2)CC1.I. The lowest BCUT2D eigenvalue weighted by molar-refractivity contribution is -0.140. The fourth-order valence-electron chi connectivity index (χ4n) is 3.82. The number of hydrogen-bond acceptors (Lipinski definition) is 4. The average Bonchev–Trinajstić information content (AvgIpc) is 3.22. The molecule has 0 saturated carbocycles. The Labute approximate surface area is 189 Å². The number of morpholine rings is 1. The highest BCUT2D eigenvalue weighted by atomic mass is 127. The number of hydrogen-bond donors (Lipinski definition) is 1. The minimum absolute atomic E-state index is 0. The van der Waals surface area contributed by atoms with Gasteiger partial charge in [0.05, 0.1) is 13.2 Å². The van der Waals surface area contributed by atoms with Gasteiger partial charge in [0.1, 0.15) is 0 Å². The number of rotatable bonds is 5. The molecule has 1 aromatic heterocycles. The van der Waals surface area contributed by atoms with Gasteiger partial charge in [-0.25, -0.2) is 0 Å². The molecule has 1 aromatic rings. The maximum atomic E-state index is 12.7. The number of guanidine groups is 1. The van der Waals surface area contributed by atoms with Crippen molar-refractivity contribution in [1.82, 2.24) is 15.1 Å². The van der Waals surface area contributed by atoms with Crippen molar-refractivity contribution < 1.29 is 9.53 Å². The van der Waals surface area contributed by atoms with Crippen LogP contribution in [0.25, 0.3) is 0 Å². The maximum Gasteiger partial charge on any atom is 0.225 e. The molecule has 0 aliphatic carbocycles. The van der Waals surface area contributed by atoms with Gasteiger partial charge in [-0.3, -0.25) is 9.79 Å². The lowest BCUT2D eigenvalue weighted by Crippen LogP contribution is -2.50. The molecule has 0 aromatic carbocycles. The van der Waals surface area contributed by atoms with Crippen LogP contribution in [0.4, 0.5) is 0 Å². The molecule has 8 heteroatoms. The fraction of sp³-hybridized carbons (Fsp3) is 0.700. The van der Waals surface area contributed by atoms with E-state index in [2.05, 4.69) is 39.6 Å². The van der Waals surface area contributed by atoms with Crippen LogP contribution in [-0.4, -0.2) is 74.7 Å². The van der Waals surface area contributed by atoms with Crippen molar-refractivity contribution in [3.63, 3.8) is 0 Å². The molecule has 1 amide bonds. The normalized spacial score (nSPS) is 19.9. The zero-order valence-electron chi connectivity index (χ0n) is 16.9. The Bertz CT molecular complexity index is 612. The van der Waals surface area contributed by atoms with Crippen LogP contribution in [0.15, 0.2) is 22.5 Å². The molecule has 2 fully saturated rings. The minimum Gasteiger partial charge on any atom is -0.378 e. The number of carbonyl (C=O) groups is 1. The summed E-state index contributed by atoms with van der Waals surface area (Å²) < 4.78 is 5.35. The molecule has 1 unspecified atom stereocenters. The van der Waals surface area contributed by atoms with E-state index in [4.69, 9.17) is 4.74 Å². The first-order chi connectivity index (χ1) is 13.2. The quantitative estimate of drug-likeness (QED) is 0.369.